The van der Waals surface area contributed by atoms with Gasteiger partial charge in [-0.15, -0.1) is 0 Å². The van der Waals surface area contributed by atoms with Crippen molar-refractivity contribution in [3.8, 4) is 17.0 Å². The van der Waals surface area contributed by atoms with E-state index in [2.05, 4.69) is 10.2 Å². The summed E-state index contributed by atoms with van der Waals surface area (Å²) in [7, 11) is 1.65. The number of aromatic nitrogens is 2. The molecule has 1 N–H and O–H groups in total. The van der Waals surface area contributed by atoms with Crippen LogP contribution in [0.1, 0.15) is 0 Å². The molecule has 1 saturated heterocycles. The van der Waals surface area contributed by atoms with E-state index < -0.39 is 0 Å². The third kappa shape index (κ3) is 4.29. The van der Waals surface area contributed by atoms with E-state index in [4.69, 9.17) is 14.7 Å². The number of para-hydroxylation sites is 2. The molecule has 7 nitrogen and oxygen atoms in total. The summed E-state index contributed by atoms with van der Waals surface area (Å²) >= 11 is 0. The van der Waals surface area contributed by atoms with Gasteiger partial charge in [-0.05, 0) is 12.1 Å². The summed E-state index contributed by atoms with van der Waals surface area (Å²) in [5.74, 6) is 2.08. The summed E-state index contributed by atoms with van der Waals surface area (Å²) in [6, 6.07) is 19.7. The van der Waals surface area contributed by atoms with Gasteiger partial charge >= 0.3 is 0 Å². The lowest BCUT2D eigenvalue weighted by Crippen LogP contribution is -2.46. The molecular weight excluding hydrogens is 366 g/mol. The van der Waals surface area contributed by atoms with Crippen LogP contribution in [0.15, 0.2) is 60.7 Å². The van der Waals surface area contributed by atoms with E-state index in [-0.39, 0.29) is 0 Å². The number of methoxy groups -OCH3 is 1. The second kappa shape index (κ2) is 8.60. The Kier molecular flexibility index (Phi) is 5.56. The first-order valence-electron chi connectivity index (χ1n) is 9.55. The van der Waals surface area contributed by atoms with E-state index >= 15 is 0 Å². The number of benzene rings is 2. The normalized spacial score (nSPS) is 13.8. The smallest absolute Gasteiger partial charge is 0.228 e. The Labute approximate surface area is 170 Å². The van der Waals surface area contributed by atoms with Crippen LogP contribution in [0.25, 0.3) is 11.3 Å². The van der Waals surface area contributed by atoms with Gasteiger partial charge in [0.1, 0.15) is 11.6 Å². The summed E-state index contributed by atoms with van der Waals surface area (Å²) in [5.41, 5.74) is 2.70. The van der Waals surface area contributed by atoms with Crippen LogP contribution in [0.2, 0.25) is 0 Å². The average Bonchev–Trinajstić information content (AvgIpc) is 2.80. The van der Waals surface area contributed by atoms with Crippen LogP contribution in [0, 0.1) is 0 Å². The van der Waals surface area contributed by atoms with Crippen LogP contribution in [-0.4, -0.2) is 54.6 Å². The molecule has 1 aliphatic rings. The van der Waals surface area contributed by atoms with Crippen LogP contribution in [0.5, 0.6) is 5.75 Å². The van der Waals surface area contributed by atoms with E-state index in [9.17, 15) is 4.79 Å². The Morgan fingerprint density at radius 1 is 0.966 bits per heavy atom. The quantitative estimate of drug-likeness (QED) is 0.653. The number of ether oxygens (including phenoxy) is 1. The summed E-state index contributed by atoms with van der Waals surface area (Å²) in [5, 5.41) is 3.36. The van der Waals surface area contributed by atoms with E-state index in [0.29, 0.717) is 37.9 Å². The number of hydrogen-bond acceptors (Lipinski definition) is 6. The first-order valence-corrected chi connectivity index (χ1v) is 9.55. The summed E-state index contributed by atoms with van der Waals surface area (Å²) in [6.07, 6.45) is 0.896. The fourth-order valence-corrected chi connectivity index (χ4v) is 3.31. The van der Waals surface area contributed by atoms with Crippen molar-refractivity contribution in [1.82, 2.24) is 14.9 Å². The van der Waals surface area contributed by atoms with Crippen molar-refractivity contribution in [2.24, 2.45) is 0 Å². The van der Waals surface area contributed by atoms with Gasteiger partial charge in [-0.1, -0.05) is 42.5 Å². The SMILES string of the molecule is COc1ccccc1Nc1cc(-c2ccccc2)nc(N2CCN(C=O)CC2)n1. The van der Waals surface area contributed by atoms with E-state index in [1.165, 1.54) is 0 Å². The number of hydrogen-bond donors (Lipinski definition) is 1. The molecular formula is C22H23N5O2. The molecule has 0 aliphatic carbocycles. The maximum Gasteiger partial charge on any atom is 0.228 e. The molecule has 2 heterocycles. The number of anilines is 3. The van der Waals surface area contributed by atoms with Crippen molar-refractivity contribution in [2.45, 2.75) is 0 Å². The van der Waals surface area contributed by atoms with E-state index in [0.717, 1.165) is 29.1 Å². The number of piperazine rings is 1. The zero-order valence-corrected chi connectivity index (χ0v) is 16.3. The van der Waals surface area contributed by atoms with Gasteiger partial charge in [-0.25, -0.2) is 4.98 Å². The van der Waals surface area contributed by atoms with Gasteiger partial charge < -0.3 is 19.9 Å². The fourth-order valence-electron chi connectivity index (χ4n) is 3.31. The first-order chi connectivity index (χ1) is 14.3. The molecule has 0 spiro atoms. The molecule has 0 atom stereocenters. The largest absolute Gasteiger partial charge is 0.495 e. The van der Waals surface area contributed by atoms with Gasteiger partial charge in [-0.2, -0.15) is 4.98 Å². The summed E-state index contributed by atoms with van der Waals surface area (Å²) < 4.78 is 5.45. The lowest BCUT2D eigenvalue weighted by Gasteiger charge is -2.32. The number of nitrogens with one attached hydrogen (secondary N) is 1. The van der Waals surface area contributed by atoms with Gasteiger partial charge in [0, 0.05) is 37.8 Å². The number of carbonyl (C=O) groups is 1. The second-order valence-electron chi connectivity index (χ2n) is 6.76. The highest BCUT2D eigenvalue weighted by atomic mass is 16.5. The number of rotatable bonds is 6. The van der Waals surface area contributed by atoms with Crippen molar-refractivity contribution < 1.29 is 9.53 Å². The van der Waals surface area contributed by atoms with Crippen LogP contribution in [0.3, 0.4) is 0 Å². The maximum atomic E-state index is 11.0. The average molecular weight is 389 g/mol. The maximum absolute atomic E-state index is 11.0. The Balaban J connectivity index is 1.69. The van der Waals surface area contributed by atoms with Crippen molar-refractivity contribution in [2.75, 3.05) is 43.5 Å². The highest BCUT2D eigenvalue weighted by Crippen LogP contribution is 2.29. The van der Waals surface area contributed by atoms with Crippen molar-refractivity contribution in [3.05, 3.63) is 60.7 Å². The topological polar surface area (TPSA) is 70.6 Å². The second-order valence-corrected chi connectivity index (χ2v) is 6.76. The number of carbonyl (C=O) groups excluding carboxylic acids is 1. The molecule has 0 saturated carbocycles. The minimum Gasteiger partial charge on any atom is -0.495 e. The lowest BCUT2D eigenvalue weighted by atomic mass is 10.1. The van der Waals surface area contributed by atoms with Gasteiger partial charge in [0.05, 0.1) is 18.5 Å². The van der Waals surface area contributed by atoms with E-state index in [1.807, 2.05) is 60.7 Å². The molecule has 4 rings (SSSR count). The Hall–Kier alpha value is -3.61. The third-order valence-corrected chi connectivity index (χ3v) is 4.90. The molecule has 1 fully saturated rings. The molecule has 148 valence electrons. The van der Waals surface area contributed by atoms with Gasteiger partial charge in [0.2, 0.25) is 12.4 Å². The Bertz CT molecular complexity index is 972. The number of nitrogens with zero attached hydrogens (tertiary/aromatic N) is 4. The zero-order valence-electron chi connectivity index (χ0n) is 16.3. The van der Waals surface area contributed by atoms with Crippen LogP contribution < -0.4 is 15.0 Å². The molecule has 3 aromatic rings. The zero-order chi connectivity index (χ0) is 20.1. The molecule has 7 heteroatoms. The van der Waals surface area contributed by atoms with Crippen molar-refractivity contribution >= 4 is 23.9 Å². The molecule has 0 radical (unpaired) electrons. The minimum absolute atomic E-state index is 0.648. The Morgan fingerprint density at radius 2 is 1.69 bits per heavy atom. The standard InChI is InChI=1S/C22H23N5O2/c1-29-20-10-6-5-9-18(20)23-21-15-19(17-7-3-2-4-8-17)24-22(25-21)27-13-11-26(16-28)12-14-27/h2-10,15-16H,11-14H2,1H3,(H,23,24,25). The van der Waals surface area contributed by atoms with Gasteiger partial charge in [-0.3, -0.25) is 4.79 Å². The molecule has 2 aromatic carbocycles. The lowest BCUT2D eigenvalue weighted by molar-refractivity contribution is -0.118. The monoisotopic (exact) mass is 389 g/mol. The molecule has 0 unspecified atom stereocenters. The van der Waals surface area contributed by atoms with Crippen molar-refractivity contribution in [3.63, 3.8) is 0 Å². The number of amides is 1. The highest BCUT2D eigenvalue weighted by molar-refractivity contribution is 5.70. The predicted molar refractivity (Wildman–Crippen MR) is 114 cm³/mol. The van der Waals surface area contributed by atoms with Crippen molar-refractivity contribution in [1.29, 1.82) is 0 Å². The molecule has 1 amide bonds. The predicted octanol–water partition coefficient (Wildman–Crippen LogP) is 3.17. The minimum atomic E-state index is 0.648. The van der Waals surface area contributed by atoms with Gasteiger partial charge in [0.15, 0.2) is 0 Å². The van der Waals surface area contributed by atoms with E-state index in [1.54, 1.807) is 12.0 Å². The van der Waals surface area contributed by atoms with Crippen LogP contribution in [-0.2, 0) is 4.79 Å². The third-order valence-electron chi connectivity index (χ3n) is 4.90. The molecule has 1 aliphatic heterocycles. The van der Waals surface area contributed by atoms with Crippen LogP contribution >= 0.6 is 0 Å². The summed E-state index contributed by atoms with van der Waals surface area (Å²) in [4.78, 5) is 24.4. The highest BCUT2D eigenvalue weighted by Gasteiger charge is 2.19. The van der Waals surface area contributed by atoms with Crippen LogP contribution in [0.4, 0.5) is 17.5 Å². The molecule has 0 bridgehead atoms. The van der Waals surface area contributed by atoms with Gasteiger partial charge in [0.25, 0.3) is 0 Å². The fraction of sp³-hybridized carbons (Fsp3) is 0.227. The molecule has 29 heavy (non-hydrogen) atoms. The first kappa shape index (κ1) is 18.7. The molecule has 1 aromatic heterocycles. The summed E-state index contributed by atoms with van der Waals surface area (Å²) in [6.45, 7) is 2.73. The Morgan fingerprint density at radius 3 is 2.41 bits per heavy atom.